The van der Waals surface area contributed by atoms with Gasteiger partial charge in [-0.15, -0.1) is 5.56 Å². The second-order valence-electron chi connectivity index (χ2n) is 2.36. The number of halogens is 4. The van der Waals surface area contributed by atoms with Crippen molar-refractivity contribution in [3.05, 3.63) is 41.3 Å². The highest BCUT2D eigenvalue weighted by atomic mass is 19.2. The predicted octanol–water partition coefficient (Wildman–Crippen LogP) is 2.73. The average Bonchev–Trinajstić information content (AvgIpc) is 2.08. The summed E-state index contributed by atoms with van der Waals surface area (Å²) in [5.74, 6) is -5.66. The molecule has 1 rings (SSSR count). The van der Waals surface area contributed by atoms with E-state index in [0.29, 0.717) is 0 Å². The highest BCUT2D eigenvalue weighted by Crippen LogP contribution is 2.22. The molecule has 0 atom stereocenters. The summed E-state index contributed by atoms with van der Waals surface area (Å²) in [6.07, 6.45) is 0. The van der Waals surface area contributed by atoms with Gasteiger partial charge < -0.3 is 0 Å². The van der Waals surface area contributed by atoms with Gasteiger partial charge in [0.25, 0.3) is 0 Å². The topological polar surface area (TPSA) is 0 Å². The van der Waals surface area contributed by atoms with Crippen LogP contribution in [0.1, 0.15) is 11.1 Å². The molecule has 0 nitrogen and oxygen atoms in total. The van der Waals surface area contributed by atoms with E-state index in [4.69, 9.17) is 0 Å². The van der Waals surface area contributed by atoms with Crippen molar-refractivity contribution < 1.29 is 17.6 Å². The molecule has 66 valence electrons. The van der Waals surface area contributed by atoms with E-state index in [1.165, 1.54) is 0 Å². The Kier molecular flexibility index (Phi) is 2.00. The number of benzene rings is 1. The van der Waals surface area contributed by atoms with Gasteiger partial charge in [0.2, 0.25) is 0 Å². The molecule has 0 radical (unpaired) electrons. The summed E-state index contributed by atoms with van der Waals surface area (Å²) in [6, 6.07) is 0. The van der Waals surface area contributed by atoms with Gasteiger partial charge in [-0.05, 0) is 6.92 Å². The Balaban J connectivity index is 3.60. The number of rotatable bonds is 0. The third-order valence-corrected chi connectivity index (χ3v) is 1.57. The van der Waals surface area contributed by atoms with Crippen LogP contribution in [0.5, 0.6) is 0 Å². The monoisotopic (exact) mass is 177 g/mol. The van der Waals surface area contributed by atoms with Crippen molar-refractivity contribution in [2.75, 3.05) is 0 Å². The molecule has 0 saturated heterocycles. The van der Waals surface area contributed by atoms with Gasteiger partial charge in [0, 0.05) is 5.56 Å². The van der Waals surface area contributed by atoms with Gasteiger partial charge in [0.15, 0.2) is 0 Å². The molecule has 4 heteroatoms. The van der Waals surface area contributed by atoms with Crippen LogP contribution in [-0.4, -0.2) is 0 Å². The lowest BCUT2D eigenvalue weighted by Gasteiger charge is -2.12. The van der Waals surface area contributed by atoms with Gasteiger partial charge in [0.05, 0.1) is 11.6 Å². The Bertz CT molecular complexity index is 225. The summed E-state index contributed by atoms with van der Waals surface area (Å²) in [7, 11) is 0. The van der Waals surface area contributed by atoms with Crippen LogP contribution in [0.4, 0.5) is 17.6 Å². The van der Waals surface area contributed by atoms with Crippen LogP contribution >= 0.6 is 0 Å². The maximum Gasteiger partial charge on any atom is 0.108 e. The largest absolute Gasteiger partial charge is 0.281 e. The Labute approximate surface area is 66.8 Å². The van der Waals surface area contributed by atoms with Crippen molar-refractivity contribution in [1.82, 2.24) is 0 Å². The van der Waals surface area contributed by atoms with Gasteiger partial charge in [0.1, 0.15) is 11.6 Å². The minimum atomic E-state index is -1.44. The zero-order valence-electron chi connectivity index (χ0n) is 6.22. The third kappa shape index (κ3) is 1.03. The molecule has 0 heterocycles. The SMILES string of the molecule is [CH2-]c1c(F)c(F)c(C)c(F)c1F. The Hall–Kier alpha value is -1.19. The fourth-order valence-corrected chi connectivity index (χ4v) is 0.787. The lowest BCUT2D eigenvalue weighted by molar-refractivity contribution is 0.440. The zero-order chi connectivity index (χ0) is 9.46. The van der Waals surface area contributed by atoms with Crippen LogP contribution in [0.3, 0.4) is 0 Å². The minimum absolute atomic E-state index is 0.669. The average molecular weight is 177 g/mol. The van der Waals surface area contributed by atoms with Crippen molar-refractivity contribution in [3.8, 4) is 0 Å². The smallest absolute Gasteiger partial charge is 0.108 e. The first kappa shape index (κ1) is 8.90. The van der Waals surface area contributed by atoms with E-state index < -0.39 is 34.4 Å². The van der Waals surface area contributed by atoms with Gasteiger partial charge in [-0.3, -0.25) is 8.78 Å². The highest BCUT2D eigenvalue weighted by molar-refractivity contribution is 5.30. The van der Waals surface area contributed by atoms with Crippen LogP contribution in [0.15, 0.2) is 0 Å². The van der Waals surface area contributed by atoms with Crippen LogP contribution in [-0.2, 0) is 0 Å². The summed E-state index contributed by atoms with van der Waals surface area (Å²) < 4.78 is 50.4. The van der Waals surface area contributed by atoms with Gasteiger partial charge in [-0.25, -0.2) is 8.78 Å². The van der Waals surface area contributed by atoms with Crippen molar-refractivity contribution in [2.24, 2.45) is 0 Å². The van der Waals surface area contributed by atoms with E-state index in [2.05, 4.69) is 6.92 Å². The third-order valence-electron chi connectivity index (χ3n) is 1.57. The van der Waals surface area contributed by atoms with Crippen molar-refractivity contribution >= 4 is 0 Å². The summed E-state index contributed by atoms with van der Waals surface area (Å²) in [6.45, 7) is 3.81. The summed E-state index contributed by atoms with van der Waals surface area (Å²) in [5.41, 5.74) is -1.55. The molecule has 0 spiro atoms. The maximum atomic E-state index is 12.6. The minimum Gasteiger partial charge on any atom is -0.281 e. The molecule has 0 aliphatic carbocycles. The highest BCUT2D eigenvalue weighted by Gasteiger charge is 2.11. The van der Waals surface area contributed by atoms with E-state index in [-0.39, 0.29) is 0 Å². The van der Waals surface area contributed by atoms with E-state index in [9.17, 15) is 17.6 Å². The van der Waals surface area contributed by atoms with E-state index in [1.807, 2.05) is 0 Å². The molecule has 0 aliphatic heterocycles. The molecule has 1 aromatic rings. The second kappa shape index (κ2) is 2.69. The van der Waals surface area contributed by atoms with E-state index >= 15 is 0 Å². The Morgan fingerprint density at radius 3 is 1.50 bits per heavy atom. The molecule has 0 bridgehead atoms. The molecule has 1 aromatic carbocycles. The predicted molar refractivity (Wildman–Crippen MR) is 35.5 cm³/mol. The van der Waals surface area contributed by atoms with E-state index in [1.54, 1.807) is 0 Å². The first-order chi connectivity index (χ1) is 5.46. The summed E-state index contributed by atoms with van der Waals surface area (Å²) >= 11 is 0. The van der Waals surface area contributed by atoms with Crippen molar-refractivity contribution in [2.45, 2.75) is 6.92 Å². The van der Waals surface area contributed by atoms with Gasteiger partial charge in [-0.2, -0.15) is 6.92 Å². The lowest BCUT2D eigenvalue weighted by atomic mass is 10.1. The molecule has 0 amide bonds. The molecule has 0 N–H and O–H groups in total. The molecule has 0 unspecified atom stereocenters. The molecular weight excluding hydrogens is 172 g/mol. The summed E-state index contributed by atoms with van der Waals surface area (Å²) in [5, 5.41) is 0. The van der Waals surface area contributed by atoms with E-state index in [0.717, 1.165) is 6.92 Å². The lowest BCUT2D eigenvalue weighted by Crippen LogP contribution is -2.02. The van der Waals surface area contributed by atoms with Crippen LogP contribution < -0.4 is 0 Å². The van der Waals surface area contributed by atoms with Crippen LogP contribution in [0, 0.1) is 37.1 Å². The van der Waals surface area contributed by atoms with Gasteiger partial charge >= 0.3 is 0 Å². The fraction of sp³-hybridized carbons (Fsp3) is 0.125. The first-order valence-corrected chi connectivity index (χ1v) is 3.11. The molecular formula is C8H5F4-. The molecule has 0 fully saturated rings. The molecule has 0 aliphatic rings. The molecule has 0 saturated carbocycles. The Morgan fingerprint density at radius 1 is 0.833 bits per heavy atom. The molecule has 12 heavy (non-hydrogen) atoms. The van der Waals surface area contributed by atoms with Crippen LogP contribution in [0.2, 0.25) is 0 Å². The molecule has 0 aromatic heterocycles. The quantitative estimate of drug-likeness (QED) is 0.324. The number of hydrogen-bond acceptors (Lipinski definition) is 0. The van der Waals surface area contributed by atoms with Crippen molar-refractivity contribution in [1.29, 1.82) is 0 Å². The first-order valence-electron chi connectivity index (χ1n) is 3.11. The summed E-state index contributed by atoms with van der Waals surface area (Å²) in [4.78, 5) is 0. The fourth-order valence-electron chi connectivity index (χ4n) is 0.787. The Morgan fingerprint density at radius 2 is 1.17 bits per heavy atom. The number of hydrogen-bond donors (Lipinski definition) is 0. The van der Waals surface area contributed by atoms with Crippen molar-refractivity contribution in [3.63, 3.8) is 0 Å². The normalized spacial score (nSPS) is 10.4. The standard InChI is InChI=1S/C8H5F4/c1-3-5(9)7(11)4(2)8(12)6(3)10/h1H2,2H3/q-1. The maximum absolute atomic E-state index is 12.6. The second-order valence-corrected chi connectivity index (χ2v) is 2.36. The van der Waals surface area contributed by atoms with Crippen LogP contribution in [0.25, 0.3) is 0 Å². The zero-order valence-corrected chi connectivity index (χ0v) is 6.22. The van der Waals surface area contributed by atoms with Gasteiger partial charge in [-0.1, -0.05) is 0 Å².